The van der Waals surface area contributed by atoms with Crippen LogP contribution in [0.5, 0.6) is 0 Å². The van der Waals surface area contributed by atoms with E-state index in [1.54, 1.807) is 0 Å². The Kier molecular flexibility index (Phi) is 4.10. The molecule has 140 valence electrons. The van der Waals surface area contributed by atoms with Crippen molar-refractivity contribution in [1.82, 2.24) is 0 Å². The van der Waals surface area contributed by atoms with Crippen LogP contribution in [-0.2, 0) is 5.41 Å². The van der Waals surface area contributed by atoms with Crippen molar-refractivity contribution in [2.24, 2.45) is 0 Å². The molecule has 0 saturated heterocycles. The Bertz CT molecular complexity index is 1140. The third kappa shape index (κ3) is 2.40. The van der Waals surface area contributed by atoms with Crippen molar-refractivity contribution in [3.05, 3.63) is 113 Å². The summed E-state index contributed by atoms with van der Waals surface area (Å²) in [6.07, 6.45) is 0. The molecule has 0 nitrogen and oxygen atoms in total. The lowest BCUT2D eigenvalue weighted by molar-refractivity contribution is 0.793. The number of rotatable bonds is 0. The maximum atomic E-state index is 3.69. The van der Waals surface area contributed by atoms with Crippen molar-refractivity contribution in [2.75, 3.05) is 0 Å². The molecule has 0 bridgehead atoms. The highest BCUT2D eigenvalue weighted by Crippen LogP contribution is 2.63. The Balaban J connectivity index is 1.85. The first-order chi connectivity index (χ1) is 14.0. The van der Waals surface area contributed by atoms with Gasteiger partial charge >= 0.3 is 0 Å². The predicted octanol–water partition coefficient (Wildman–Crippen LogP) is 9.08. The zero-order chi connectivity index (χ0) is 19.9. The van der Waals surface area contributed by atoms with Gasteiger partial charge in [0, 0.05) is 17.9 Å². The summed E-state index contributed by atoms with van der Waals surface area (Å²) < 4.78 is 4.40. The van der Waals surface area contributed by atoms with Gasteiger partial charge in [0.2, 0.25) is 0 Å². The Labute approximate surface area is 202 Å². The summed E-state index contributed by atoms with van der Waals surface area (Å²) in [5.74, 6) is 0. The van der Waals surface area contributed by atoms with Crippen LogP contribution in [0.1, 0.15) is 22.3 Å². The van der Waals surface area contributed by atoms with Crippen LogP contribution in [0.3, 0.4) is 0 Å². The minimum absolute atomic E-state index is 0.294. The number of hydrogen-bond donors (Lipinski definition) is 0. The van der Waals surface area contributed by atoms with E-state index in [-0.39, 0.29) is 5.41 Å². The van der Waals surface area contributed by atoms with Crippen molar-refractivity contribution in [3.8, 4) is 22.3 Å². The van der Waals surface area contributed by atoms with Crippen molar-refractivity contribution < 1.29 is 0 Å². The Morgan fingerprint density at radius 2 is 0.621 bits per heavy atom. The first kappa shape index (κ1) is 18.6. The van der Waals surface area contributed by atoms with E-state index in [2.05, 4.69) is 137 Å². The van der Waals surface area contributed by atoms with Gasteiger partial charge in [-0.1, -0.05) is 88.0 Å². The van der Waals surface area contributed by atoms with E-state index >= 15 is 0 Å². The molecular formula is C25H12Br4. The van der Waals surface area contributed by atoms with Gasteiger partial charge in [0.25, 0.3) is 0 Å². The second kappa shape index (κ2) is 6.40. The molecule has 4 heteroatoms. The summed E-state index contributed by atoms with van der Waals surface area (Å²) in [7, 11) is 0. The molecule has 0 unspecified atom stereocenters. The molecule has 4 aromatic carbocycles. The Hall–Kier alpha value is -1.20. The summed E-state index contributed by atoms with van der Waals surface area (Å²) in [5.41, 5.74) is 10.3. The number of benzene rings is 4. The normalized spacial score (nSPS) is 14.5. The molecule has 1 spiro atoms. The third-order valence-electron chi connectivity index (χ3n) is 6.12. The zero-order valence-electron chi connectivity index (χ0n) is 14.9. The summed E-state index contributed by atoms with van der Waals surface area (Å²) >= 11 is 14.8. The van der Waals surface area contributed by atoms with Gasteiger partial charge in [-0.25, -0.2) is 0 Å². The van der Waals surface area contributed by atoms with Gasteiger partial charge in [-0.05, 0) is 93.0 Å². The highest BCUT2D eigenvalue weighted by atomic mass is 79.9. The molecule has 0 aromatic heterocycles. The van der Waals surface area contributed by atoms with Crippen LogP contribution in [0.2, 0.25) is 0 Å². The molecule has 0 fully saturated rings. The van der Waals surface area contributed by atoms with E-state index in [9.17, 15) is 0 Å². The van der Waals surface area contributed by atoms with E-state index in [0.717, 1.165) is 17.9 Å². The molecule has 2 aliphatic rings. The molecule has 0 amide bonds. The average Bonchev–Trinajstić information content (AvgIpc) is 3.13. The van der Waals surface area contributed by atoms with Gasteiger partial charge in [0.1, 0.15) is 0 Å². The van der Waals surface area contributed by atoms with E-state index in [0.29, 0.717) is 0 Å². The van der Waals surface area contributed by atoms with Crippen LogP contribution in [-0.4, -0.2) is 0 Å². The van der Waals surface area contributed by atoms with Crippen LogP contribution in [0.4, 0.5) is 0 Å². The summed E-state index contributed by atoms with van der Waals surface area (Å²) in [6.45, 7) is 0. The highest BCUT2D eigenvalue weighted by molar-refractivity contribution is 9.11. The average molecular weight is 632 g/mol. The minimum atomic E-state index is -0.294. The quantitative estimate of drug-likeness (QED) is 0.157. The Morgan fingerprint density at radius 3 is 0.862 bits per heavy atom. The van der Waals surface area contributed by atoms with Gasteiger partial charge in [0.15, 0.2) is 0 Å². The Morgan fingerprint density at radius 1 is 0.379 bits per heavy atom. The fourth-order valence-corrected chi connectivity index (χ4v) is 6.58. The molecular weight excluding hydrogens is 620 g/mol. The smallest absolute Gasteiger partial charge is 0.0557 e. The molecule has 0 saturated carbocycles. The molecule has 0 radical (unpaired) electrons. The van der Waals surface area contributed by atoms with Gasteiger partial charge in [-0.2, -0.15) is 0 Å². The fraction of sp³-hybridized carbons (Fsp3) is 0.0400. The van der Waals surface area contributed by atoms with E-state index < -0.39 is 0 Å². The monoisotopic (exact) mass is 628 g/mol. The van der Waals surface area contributed by atoms with E-state index in [4.69, 9.17) is 0 Å². The first-order valence-electron chi connectivity index (χ1n) is 9.21. The summed E-state index contributed by atoms with van der Waals surface area (Å²) in [6, 6.07) is 26.8. The highest BCUT2D eigenvalue weighted by Gasteiger charge is 2.51. The predicted molar refractivity (Wildman–Crippen MR) is 134 cm³/mol. The van der Waals surface area contributed by atoms with Crippen molar-refractivity contribution in [1.29, 1.82) is 0 Å². The standard InChI is InChI=1S/C25H12Br4/c26-13-1-5-21-17(9-13)18-10-14(27)2-6-22(18)25(21)23-7-3-15(28)11-19(23)20-12-16(29)4-8-24(20)25/h1-12H. The van der Waals surface area contributed by atoms with Crippen molar-refractivity contribution in [2.45, 2.75) is 5.41 Å². The van der Waals surface area contributed by atoms with Gasteiger partial charge in [-0.3, -0.25) is 0 Å². The van der Waals surface area contributed by atoms with Crippen LogP contribution >= 0.6 is 63.7 Å². The van der Waals surface area contributed by atoms with E-state index in [1.807, 2.05) is 0 Å². The second-order valence-corrected chi connectivity index (χ2v) is 11.2. The third-order valence-corrected chi connectivity index (χ3v) is 8.10. The van der Waals surface area contributed by atoms with Crippen molar-refractivity contribution in [3.63, 3.8) is 0 Å². The number of hydrogen-bond acceptors (Lipinski definition) is 0. The van der Waals surface area contributed by atoms with Crippen LogP contribution in [0, 0.1) is 0 Å². The zero-order valence-corrected chi connectivity index (χ0v) is 21.3. The lowest BCUT2D eigenvalue weighted by Gasteiger charge is -2.30. The lowest BCUT2D eigenvalue weighted by atomic mass is 9.70. The van der Waals surface area contributed by atoms with Crippen LogP contribution in [0.15, 0.2) is 90.7 Å². The van der Waals surface area contributed by atoms with Crippen molar-refractivity contribution >= 4 is 63.7 Å². The largest absolute Gasteiger partial charge is 0.0725 e. The van der Waals surface area contributed by atoms with Crippen LogP contribution in [0.25, 0.3) is 22.3 Å². The van der Waals surface area contributed by atoms with Gasteiger partial charge < -0.3 is 0 Å². The molecule has 6 rings (SSSR count). The molecule has 0 heterocycles. The van der Waals surface area contributed by atoms with E-state index in [1.165, 1.54) is 44.5 Å². The van der Waals surface area contributed by atoms with Crippen LogP contribution < -0.4 is 0 Å². The SMILES string of the molecule is Brc1ccc2c(c1)-c1cc(Br)ccc1C21c2ccc(Br)cc2-c2cc(Br)ccc21. The number of halogens is 4. The van der Waals surface area contributed by atoms with Gasteiger partial charge in [0.05, 0.1) is 5.41 Å². The van der Waals surface area contributed by atoms with Gasteiger partial charge in [-0.15, -0.1) is 0 Å². The maximum absolute atomic E-state index is 3.69. The maximum Gasteiger partial charge on any atom is 0.0725 e. The molecule has 0 aliphatic heterocycles. The minimum Gasteiger partial charge on any atom is -0.0557 e. The molecule has 0 atom stereocenters. The summed E-state index contributed by atoms with van der Waals surface area (Å²) in [5, 5.41) is 0. The second-order valence-electron chi connectivity index (χ2n) is 7.51. The molecule has 29 heavy (non-hydrogen) atoms. The molecule has 0 N–H and O–H groups in total. The molecule has 4 aromatic rings. The summed E-state index contributed by atoms with van der Waals surface area (Å²) in [4.78, 5) is 0. The molecule has 2 aliphatic carbocycles. The topological polar surface area (TPSA) is 0 Å². The lowest BCUT2D eigenvalue weighted by Crippen LogP contribution is -2.25. The number of fused-ring (bicyclic) bond motifs is 10. The first-order valence-corrected chi connectivity index (χ1v) is 12.4. The fourth-order valence-electron chi connectivity index (χ4n) is 5.14.